The highest BCUT2D eigenvalue weighted by atomic mass is 19.3. The second kappa shape index (κ2) is 6.97. The molecule has 5 rings (SSSR count). The van der Waals surface area contributed by atoms with Gasteiger partial charge in [0, 0.05) is 44.1 Å². The number of ether oxygens (including phenoxy) is 1. The monoisotopic (exact) mass is 390 g/mol. The summed E-state index contributed by atoms with van der Waals surface area (Å²) in [5.41, 5.74) is 2.72. The minimum atomic E-state index is -2.33. The number of anilines is 2. The summed E-state index contributed by atoms with van der Waals surface area (Å²) >= 11 is 0. The molecule has 148 valence electrons. The zero-order valence-electron chi connectivity index (χ0n) is 15.1. The molecule has 0 spiro atoms. The van der Waals surface area contributed by atoms with Crippen molar-refractivity contribution in [1.29, 1.82) is 0 Å². The van der Waals surface area contributed by atoms with Crippen LogP contribution in [0.2, 0.25) is 0 Å². The molecule has 0 atom stereocenters. The van der Waals surface area contributed by atoms with Gasteiger partial charge in [0.05, 0.1) is 12.1 Å². The van der Waals surface area contributed by atoms with Crippen LogP contribution in [0.15, 0.2) is 18.7 Å². The first-order valence-corrected chi connectivity index (χ1v) is 9.31. The largest absolute Gasteiger partial charge is 0.381 e. The average Bonchev–Trinajstić information content (AvgIpc) is 3.30. The molecule has 2 aliphatic heterocycles. The molecule has 0 amide bonds. The zero-order valence-corrected chi connectivity index (χ0v) is 15.1. The highest BCUT2D eigenvalue weighted by Crippen LogP contribution is 2.37. The van der Waals surface area contributed by atoms with Crippen LogP contribution < -0.4 is 10.2 Å². The third-order valence-electron chi connectivity index (χ3n) is 5.27. The Balaban J connectivity index is 1.51. The number of rotatable bonds is 5. The van der Waals surface area contributed by atoms with E-state index < -0.39 is 12.3 Å². The molecule has 11 heteroatoms. The van der Waals surface area contributed by atoms with Crippen molar-refractivity contribution < 1.29 is 13.5 Å². The van der Waals surface area contributed by atoms with E-state index in [0.717, 1.165) is 18.4 Å². The predicted molar refractivity (Wildman–Crippen MR) is 97.5 cm³/mol. The van der Waals surface area contributed by atoms with Gasteiger partial charge in [-0.1, -0.05) is 0 Å². The van der Waals surface area contributed by atoms with Crippen molar-refractivity contribution in [3.05, 3.63) is 18.7 Å². The fourth-order valence-electron chi connectivity index (χ4n) is 3.67. The van der Waals surface area contributed by atoms with Crippen LogP contribution >= 0.6 is 0 Å². The third kappa shape index (κ3) is 3.05. The number of H-pyrrole nitrogens is 1. The quantitative estimate of drug-likeness (QED) is 0.686. The van der Waals surface area contributed by atoms with E-state index in [2.05, 4.69) is 30.6 Å². The lowest BCUT2D eigenvalue weighted by atomic mass is 9.99. The maximum atomic E-state index is 13.0. The van der Waals surface area contributed by atoms with Crippen LogP contribution in [0.4, 0.5) is 20.4 Å². The molecule has 0 saturated carbocycles. The summed E-state index contributed by atoms with van der Waals surface area (Å²) in [6.45, 7) is 1.95. The van der Waals surface area contributed by atoms with Gasteiger partial charge in [0.1, 0.15) is 17.7 Å². The fourth-order valence-corrected chi connectivity index (χ4v) is 3.67. The number of alkyl halides is 2. The summed E-state index contributed by atoms with van der Waals surface area (Å²) in [5.74, 6) is -0.134. The Morgan fingerprint density at radius 1 is 1.25 bits per heavy atom. The minimum Gasteiger partial charge on any atom is -0.381 e. The van der Waals surface area contributed by atoms with Crippen LogP contribution in [-0.2, 0) is 4.74 Å². The number of aromatic amines is 1. The molecule has 0 radical (unpaired) electrons. The van der Waals surface area contributed by atoms with Gasteiger partial charge in [-0.15, -0.1) is 5.10 Å². The van der Waals surface area contributed by atoms with Gasteiger partial charge in [-0.05, 0) is 12.8 Å². The Bertz CT molecular complexity index is 948. The van der Waals surface area contributed by atoms with Crippen LogP contribution in [0.1, 0.15) is 12.8 Å². The molecule has 2 N–H and O–H groups in total. The summed E-state index contributed by atoms with van der Waals surface area (Å²) in [6.07, 6.45) is 4.43. The number of fused-ring (bicyclic) bond motifs is 1. The van der Waals surface area contributed by atoms with E-state index in [1.807, 2.05) is 4.90 Å². The summed E-state index contributed by atoms with van der Waals surface area (Å²) in [7, 11) is 0. The standard InChI is InChI=1S/C17H20F2N8O/c18-15(19)11-7-26(8-11)14-13(10-5-21-22-6-10)20-9-27-16(14)24-17(25-27)23-12-1-3-28-4-2-12/h5-6,9,11-12,15H,1-4,7-8H2,(H,21,22)(H,23,25). The van der Waals surface area contributed by atoms with Crippen molar-refractivity contribution in [2.45, 2.75) is 25.3 Å². The maximum Gasteiger partial charge on any atom is 0.244 e. The van der Waals surface area contributed by atoms with Crippen LogP contribution in [-0.4, -0.2) is 68.5 Å². The second-order valence-corrected chi connectivity index (χ2v) is 7.16. The second-order valence-electron chi connectivity index (χ2n) is 7.16. The van der Waals surface area contributed by atoms with E-state index in [1.165, 1.54) is 0 Å². The van der Waals surface area contributed by atoms with Crippen molar-refractivity contribution >= 4 is 17.3 Å². The molecule has 0 unspecified atom stereocenters. The molecule has 3 aromatic heterocycles. The Labute approximate surface area is 159 Å². The molecular formula is C17H20F2N8O. The lowest BCUT2D eigenvalue weighted by molar-refractivity contribution is 0.0615. The van der Waals surface area contributed by atoms with Gasteiger partial charge in [0.25, 0.3) is 0 Å². The number of hydrogen-bond donors (Lipinski definition) is 2. The van der Waals surface area contributed by atoms with E-state index in [9.17, 15) is 8.78 Å². The highest BCUT2D eigenvalue weighted by Gasteiger charge is 2.37. The Kier molecular flexibility index (Phi) is 4.30. The SMILES string of the molecule is FC(F)C1CN(c2c(-c3cn[nH]c3)ncn3nc(NC4CCOCC4)nc23)C1. The summed E-state index contributed by atoms with van der Waals surface area (Å²) < 4.78 is 33.0. The molecule has 9 nitrogen and oxygen atoms in total. The zero-order chi connectivity index (χ0) is 19.1. The predicted octanol–water partition coefficient (Wildman–Crippen LogP) is 1.81. The van der Waals surface area contributed by atoms with Crippen molar-refractivity contribution in [2.24, 2.45) is 5.92 Å². The van der Waals surface area contributed by atoms with Crippen LogP contribution in [0.5, 0.6) is 0 Å². The van der Waals surface area contributed by atoms with Crippen molar-refractivity contribution in [2.75, 3.05) is 36.5 Å². The first-order chi connectivity index (χ1) is 13.7. The van der Waals surface area contributed by atoms with Gasteiger partial charge in [-0.25, -0.2) is 13.8 Å². The fraction of sp³-hybridized carbons (Fsp3) is 0.529. The molecule has 0 bridgehead atoms. The molecule has 2 aliphatic rings. The summed E-state index contributed by atoms with van der Waals surface area (Å²) in [4.78, 5) is 11.0. The van der Waals surface area contributed by atoms with Gasteiger partial charge in [-0.3, -0.25) is 5.10 Å². The van der Waals surface area contributed by atoms with Crippen molar-refractivity contribution in [3.8, 4) is 11.3 Å². The topological polar surface area (TPSA) is 96.3 Å². The van der Waals surface area contributed by atoms with Crippen LogP contribution in [0.25, 0.3) is 16.9 Å². The molecule has 28 heavy (non-hydrogen) atoms. The van der Waals surface area contributed by atoms with Gasteiger partial charge < -0.3 is 15.0 Å². The van der Waals surface area contributed by atoms with E-state index in [0.29, 0.717) is 36.2 Å². The molecule has 5 heterocycles. The van der Waals surface area contributed by atoms with Crippen molar-refractivity contribution in [3.63, 3.8) is 0 Å². The number of hydrogen-bond acceptors (Lipinski definition) is 7. The number of nitrogens with zero attached hydrogens (tertiary/aromatic N) is 6. The molecule has 0 aromatic carbocycles. The molecule has 3 aromatic rings. The summed E-state index contributed by atoms with van der Waals surface area (Å²) in [6, 6.07) is 0.253. The van der Waals surface area contributed by atoms with E-state index in [1.54, 1.807) is 23.2 Å². The lowest BCUT2D eigenvalue weighted by Crippen LogP contribution is -2.50. The van der Waals surface area contributed by atoms with Gasteiger partial charge in [0.2, 0.25) is 12.4 Å². The lowest BCUT2D eigenvalue weighted by Gasteiger charge is -2.40. The van der Waals surface area contributed by atoms with E-state index in [4.69, 9.17) is 4.74 Å². The first kappa shape index (κ1) is 17.3. The van der Waals surface area contributed by atoms with Crippen molar-refractivity contribution in [1.82, 2.24) is 29.8 Å². The third-order valence-corrected chi connectivity index (χ3v) is 5.27. The first-order valence-electron chi connectivity index (χ1n) is 9.31. The molecule has 2 fully saturated rings. The Morgan fingerprint density at radius 3 is 2.79 bits per heavy atom. The van der Waals surface area contributed by atoms with E-state index in [-0.39, 0.29) is 19.1 Å². The van der Waals surface area contributed by atoms with Gasteiger partial charge in [-0.2, -0.15) is 14.6 Å². The van der Waals surface area contributed by atoms with Gasteiger partial charge in [0.15, 0.2) is 5.65 Å². The molecule has 2 saturated heterocycles. The van der Waals surface area contributed by atoms with E-state index >= 15 is 0 Å². The number of nitrogens with one attached hydrogen (secondary N) is 2. The molecular weight excluding hydrogens is 370 g/mol. The number of halogens is 2. The Hall–Kier alpha value is -2.82. The highest BCUT2D eigenvalue weighted by molar-refractivity contribution is 5.85. The average molecular weight is 390 g/mol. The van der Waals surface area contributed by atoms with Crippen LogP contribution in [0.3, 0.4) is 0 Å². The minimum absolute atomic E-state index is 0.253. The number of aromatic nitrogens is 6. The van der Waals surface area contributed by atoms with Gasteiger partial charge >= 0.3 is 0 Å². The Morgan fingerprint density at radius 2 is 2.07 bits per heavy atom. The summed E-state index contributed by atoms with van der Waals surface area (Å²) in [5, 5.41) is 14.6. The smallest absolute Gasteiger partial charge is 0.244 e. The van der Waals surface area contributed by atoms with Crippen LogP contribution in [0, 0.1) is 5.92 Å². The normalized spacial score (nSPS) is 18.8. The molecule has 0 aliphatic carbocycles. The maximum absolute atomic E-state index is 13.0.